The Kier molecular flexibility index (Phi) is 56.3. The maximum Gasteiger partial charge on any atom is 0.472 e. The van der Waals surface area contributed by atoms with E-state index in [1.807, 2.05) is 27.2 Å². The summed E-state index contributed by atoms with van der Waals surface area (Å²) in [5, 5.41) is 13.9. The van der Waals surface area contributed by atoms with Gasteiger partial charge in [0.15, 0.2) is 0 Å². The van der Waals surface area contributed by atoms with Crippen LogP contribution < -0.4 is 5.32 Å². The lowest BCUT2D eigenvalue weighted by Gasteiger charge is -2.25. The number of phosphoric acid groups is 1. The summed E-state index contributed by atoms with van der Waals surface area (Å²) >= 11 is 0. The van der Waals surface area contributed by atoms with Crippen LogP contribution in [0.2, 0.25) is 0 Å². The van der Waals surface area contributed by atoms with Gasteiger partial charge in [0, 0.05) is 6.42 Å². The molecule has 3 atom stereocenters. The number of phosphoric ester groups is 1. The highest BCUT2D eigenvalue weighted by molar-refractivity contribution is 7.47. The molecule has 0 aliphatic carbocycles. The molecule has 0 aromatic carbocycles. The number of nitrogens with one attached hydrogen (secondary N) is 1. The van der Waals surface area contributed by atoms with E-state index in [-0.39, 0.29) is 19.1 Å². The van der Waals surface area contributed by atoms with E-state index in [1.54, 1.807) is 6.08 Å². The van der Waals surface area contributed by atoms with Crippen molar-refractivity contribution in [1.82, 2.24) is 5.32 Å². The number of unbranched alkanes of at least 4 members (excludes halogenated alkanes) is 21. The third-order valence-electron chi connectivity index (χ3n) is 13.3. The molecule has 0 saturated heterocycles. The van der Waals surface area contributed by atoms with Crippen molar-refractivity contribution in [3.8, 4) is 0 Å². The van der Waals surface area contributed by atoms with Crippen LogP contribution >= 0.6 is 7.82 Å². The number of hydrogen-bond donors (Lipinski definition) is 3. The third kappa shape index (κ3) is 61.8. The van der Waals surface area contributed by atoms with Gasteiger partial charge < -0.3 is 19.8 Å². The molecule has 0 aromatic rings. The molecule has 3 unspecified atom stereocenters. The molecule has 0 heterocycles. The lowest BCUT2D eigenvalue weighted by molar-refractivity contribution is -0.870. The van der Waals surface area contributed by atoms with E-state index >= 15 is 0 Å². The molecule has 0 aliphatic rings. The Morgan fingerprint density at radius 1 is 0.443 bits per heavy atom. The number of hydrogen-bond acceptors (Lipinski definition) is 5. The van der Waals surface area contributed by atoms with Crippen molar-refractivity contribution < 1.29 is 32.9 Å². The highest BCUT2D eigenvalue weighted by Gasteiger charge is 2.27. The van der Waals surface area contributed by atoms with Gasteiger partial charge >= 0.3 is 7.82 Å². The smallest absolute Gasteiger partial charge is 0.387 e. The van der Waals surface area contributed by atoms with Crippen LogP contribution in [0.4, 0.5) is 0 Å². The first-order valence-electron chi connectivity index (χ1n) is 31.7. The van der Waals surface area contributed by atoms with Crippen molar-refractivity contribution in [2.45, 2.75) is 251 Å². The quantitative estimate of drug-likeness (QED) is 0.0243. The van der Waals surface area contributed by atoms with Crippen molar-refractivity contribution in [2.75, 3.05) is 40.9 Å². The fourth-order valence-electron chi connectivity index (χ4n) is 8.36. The molecule has 450 valence electrons. The maximum atomic E-state index is 13.0. The Labute approximate surface area is 487 Å². The number of aliphatic hydroxyl groups excluding tert-OH is 1. The molecular formula is C70H120N2O6P+. The highest BCUT2D eigenvalue weighted by Crippen LogP contribution is 2.43. The Balaban J connectivity index is 4.32. The van der Waals surface area contributed by atoms with Gasteiger partial charge in [0.1, 0.15) is 13.2 Å². The summed E-state index contributed by atoms with van der Waals surface area (Å²) in [6.45, 7) is 4.65. The molecule has 0 radical (unpaired) electrons. The molecule has 0 aliphatic heterocycles. The lowest BCUT2D eigenvalue weighted by Crippen LogP contribution is -2.45. The fraction of sp³-hybridized carbons (Fsp3) is 0.643. The summed E-state index contributed by atoms with van der Waals surface area (Å²) in [6, 6.07) is -0.893. The van der Waals surface area contributed by atoms with Crippen LogP contribution in [0.3, 0.4) is 0 Å². The largest absolute Gasteiger partial charge is 0.472 e. The van der Waals surface area contributed by atoms with Gasteiger partial charge in [-0.3, -0.25) is 13.8 Å². The van der Waals surface area contributed by atoms with Gasteiger partial charge in [0.2, 0.25) is 5.91 Å². The number of carbonyl (C=O) groups excluding carboxylic acids is 1. The zero-order valence-electron chi connectivity index (χ0n) is 51.3. The van der Waals surface area contributed by atoms with Crippen LogP contribution in [0.1, 0.15) is 239 Å². The number of rotatable bonds is 56. The molecule has 0 fully saturated rings. The summed E-state index contributed by atoms with van der Waals surface area (Å²) in [6.07, 6.45) is 91.1. The molecular weight excluding hydrogens is 996 g/mol. The zero-order chi connectivity index (χ0) is 57.7. The molecule has 3 N–H and O–H groups in total. The second-order valence-electron chi connectivity index (χ2n) is 22.0. The summed E-state index contributed by atoms with van der Waals surface area (Å²) in [5.41, 5.74) is 0. The summed E-state index contributed by atoms with van der Waals surface area (Å²) < 4.78 is 23.7. The Hall–Kier alpha value is -3.62. The first-order valence-corrected chi connectivity index (χ1v) is 33.2. The fourth-order valence-corrected chi connectivity index (χ4v) is 9.10. The third-order valence-corrected chi connectivity index (χ3v) is 14.3. The molecule has 9 heteroatoms. The van der Waals surface area contributed by atoms with Crippen LogP contribution in [0, 0.1) is 0 Å². The van der Waals surface area contributed by atoms with Crippen LogP contribution in [0.15, 0.2) is 146 Å². The molecule has 0 rings (SSSR count). The minimum atomic E-state index is -4.38. The van der Waals surface area contributed by atoms with Crippen molar-refractivity contribution in [2.24, 2.45) is 0 Å². The molecule has 8 nitrogen and oxygen atoms in total. The average molecular weight is 1120 g/mol. The van der Waals surface area contributed by atoms with E-state index in [2.05, 4.69) is 153 Å². The summed E-state index contributed by atoms with van der Waals surface area (Å²) in [5.74, 6) is -0.215. The number of quaternary nitrogens is 1. The van der Waals surface area contributed by atoms with Crippen LogP contribution in [0.25, 0.3) is 0 Å². The average Bonchev–Trinajstić information content (AvgIpc) is 3.42. The van der Waals surface area contributed by atoms with Gasteiger partial charge in [-0.1, -0.05) is 262 Å². The minimum Gasteiger partial charge on any atom is -0.387 e. The predicted octanol–water partition coefficient (Wildman–Crippen LogP) is 20.0. The first-order chi connectivity index (χ1) is 38.5. The minimum absolute atomic E-state index is 0.0411. The van der Waals surface area contributed by atoms with Crippen LogP contribution in [-0.4, -0.2) is 73.4 Å². The van der Waals surface area contributed by atoms with Gasteiger partial charge in [0.25, 0.3) is 0 Å². The van der Waals surface area contributed by atoms with E-state index in [0.717, 1.165) is 122 Å². The standard InChI is InChI=1S/C70H119N2O6P/c1-6-8-10-12-14-16-18-20-22-24-26-28-30-32-33-34-35-36-37-38-39-40-42-44-46-48-50-52-54-56-58-60-62-64-70(74)71-68(67-78-79(75,76)77-66-65-72(3,4)5)69(73)63-61-59-57-55-53-51-49-47-45-43-41-31-29-27-25-23-21-19-17-15-13-11-9-7-2/h8,10,14,16,20,22,26,28,32-33,35-36,38-39,42,44-45,47-48,50,53,55,61,63,68-69,73H,6-7,9,11-13,15,17-19,21,23-25,27,29-31,34,37,40-41,43,46,49,51-52,54,56-60,62,64-67H2,1-5H3,(H-,71,74,75,76)/p+1/b10-8-,16-14-,22-20-,28-26-,33-32-,36-35-,39-38-,44-42-,47-45+,50-48-,55-53+,63-61+. The van der Waals surface area contributed by atoms with Crippen molar-refractivity contribution in [3.05, 3.63) is 146 Å². The Morgan fingerprint density at radius 2 is 0.772 bits per heavy atom. The number of allylic oxidation sites excluding steroid dienone is 23. The van der Waals surface area contributed by atoms with E-state index < -0.39 is 20.0 Å². The monoisotopic (exact) mass is 1120 g/mol. The zero-order valence-corrected chi connectivity index (χ0v) is 52.2. The van der Waals surface area contributed by atoms with Gasteiger partial charge in [-0.15, -0.1) is 0 Å². The number of nitrogens with zero attached hydrogens (tertiary/aromatic N) is 1. The topological polar surface area (TPSA) is 105 Å². The predicted molar refractivity (Wildman–Crippen MR) is 345 cm³/mol. The van der Waals surface area contributed by atoms with E-state index in [9.17, 15) is 19.4 Å². The molecule has 79 heavy (non-hydrogen) atoms. The second-order valence-corrected chi connectivity index (χ2v) is 23.5. The summed E-state index contributed by atoms with van der Waals surface area (Å²) in [4.78, 5) is 23.4. The SMILES string of the molecule is CC/C=C\C/C=C\C/C=C\C/C=C\C/C=C\C/C=C\C/C=C\C/C=C\C/C=C\CCCCCCCC(=O)NC(COP(=O)(O)OCC[N+](C)(C)C)C(O)/C=C/CC/C=C/CC/C=C/CCCCCCCCCCCCCCCC. The van der Waals surface area contributed by atoms with Crippen molar-refractivity contribution >= 4 is 13.7 Å². The maximum absolute atomic E-state index is 13.0. The van der Waals surface area contributed by atoms with Crippen LogP contribution in [0.5, 0.6) is 0 Å². The highest BCUT2D eigenvalue weighted by atomic mass is 31.2. The molecule has 0 saturated carbocycles. The molecule has 0 spiro atoms. The van der Waals surface area contributed by atoms with Crippen molar-refractivity contribution in [3.63, 3.8) is 0 Å². The molecule has 0 bridgehead atoms. The summed E-state index contributed by atoms with van der Waals surface area (Å²) in [7, 11) is 1.51. The second kappa shape index (κ2) is 59.0. The number of likely N-dealkylation sites (N-methyl/N-ethyl adjacent to an activating group) is 1. The van der Waals surface area contributed by atoms with E-state index in [4.69, 9.17) is 9.05 Å². The van der Waals surface area contributed by atoms with Gasteiger partial charge in [0.05, 0.1) is 39.9 Å². The lowest BCUT2D eigenvalue weighted by atomic mass is 10.0. The van der Waals surface area contributed by atoms with Crippen LogP contribution in [-0.2, 0) is 18.4 Å². The van der Waals surface area contributed by atoms with Crippen molar-refractivity contribution in [1.29, 1.82) is 0 Å². The normalized spacial score (nSPS) is 14.8. The Bertz CT molecular complexity index is 1790. The van der Waals surface area contributed by atoms with Gasteiger partial charge in [-0.05, 0) is 116 Å². The van der Waals surface area contributed by atoms with Gasteiger partial charge in [-0.25, -0.2) is 4.57 Å². The van der Waals surface area contributed by atoms with E-state index in [0.29, 0.717) is 17.4 Å². The first kappa shape index (κ1) is 75.4. The number of aliphatic hydroxyl groups is 1. The Morgan fingerprint density at radius 3 is 1.16 bits per heavy atom. The van der Waals surface area contributed by atoms with Gasteiger partial charge in [-0.2, -0.15) is 0 Å². The number of amides is 1. The van der Waals surface area contributed by atoms with E-state index in [1.165, 1.54) is 96.3 Å². The molecule has 1 amide bonds. The molecule has 0 aromatic heterocycles. The number of carbonyl (C=O) groups is 1.